The maximum Gasteiger partial charge on any atom is 0.140 e. The first kappa shape index (κ1) is 12.3. The molecule has 0 amide bonds. The van der Waals surface area contributed by atoms with Gasteiger partial charge >= 0.3 is 0 Å². The molecule has 0 aliphatic heterocycles. The molecule has 0 fully saturated rings. The number of nitrogens with zero attached hydrogens (tertiary/aromatic N) is 2. The molecule has 88 valence electrons. The third kappa shape index (κ3) is 3.41. The second-order valence-corrected chi connectivity index (χ2v) is 4.90. The number of nitrogens with one attached hydrogen (secondary N) is 1. The summed E-state index contributed by atoms with van der Waals surface area (Å²) in [5.74, 6) is 0.762. The summed E-state index contributed by atoms with van der Waals surface area (Å²) >= 11 is 9.23. The lowest BCUT2D eigenvalue weighted by Crippen LogP contribution is -2.04. The van der Waals surface area contributed by atoms with Gasteiger partial charge in [0.2, 0.25) is 0 Å². The van der Waals surface area contributed by atoms with Crippen molar-refractivity contribution < 1.29 is 0 Å². The summed E-state index contributed by atoms with van der Waals surface area (Å²) < 4.78 is 0.845. The van der Waals surface area contributed by atoms with Crippen LogP contribution in [0.25, 0.3) is 0 Å². The lowest BCUT2D eigenvalue weighted by atomic mass is 10.3. The van der Waals surface area contributed by atoms with Crippen LogP contribution in [-0.2, 0) is 6.54 Å². The van der Waals surface area contributed by atoms with Crippen LogP contribution < -0.4 is 5.32 Å². The van der Waals surface area contributed by atoms with E-state index in [2.05, 4.69) is 31.2 Å². The third-order valence-electron chi connectivity index (χ3n) is 2.19. The molecule has 0 saturated carbocycles. The highest BCUT2D eigenvalue weighted by atomic mass is 79.9. The van der Waals surface area contributed by atoms with E-state index in [1.54, 1.807) is 12.3 Å². The number of hydrogen-bond acceptors (Lipinski definition) is 3. The largest absolute Gasteiger partial charge is 0.363 e. The standard InChI is InChI=1S/C12H11BrClN3/c1-8-3-2-4-10(17-8)7-16-12-11(13)5-9(14)6-15-12/h2-6H,7H2,1H3,(H,15,16). The Bertz CT molecular complexity index is 531. The Labute approximate surface area is 113 Å². The molecule has 0 aromatic carbocycles. The van der Waals surface area contributed by atoms with E-state index >= 15 is 0 Å². The third-order valence-corrected chi connectivity index (χ3v) is 3.00. The van der Waals surface area contributed by atoms with Crippen molar-refractivity contribution in [3.05, 3.63) is 51.3 Å². The lowest BCUT2D eigenvalue weighted by molar-refractivity contribution is 1.00. The van der Waals surface area contributed by atoms with Gasteiger partial charge in [-0.3, -0.25) is 4.98 Å². The fourth-order valence-corrected chi connectivity index (χ4v) is 2.20. The molecule has 0 saturated heterocycles. The Morgan fingerprint density at radius 3 is 2.94 bits per heavy atom. The van der Waals surface area contributed by atoms with Crippen molar-refractivity contribution in [2.24, 2.45) is 0 Å². The van der Waals surface area contributed by atoms with Gasteiger partial charge in [0.1, 0.15) is 5.82 Å². The predicted molar refractivity (Wildman–Crippen MR) is 73.2 cm³/mol. The molecule has 0 unspecified atom stereocenters. The molecule has 0 bridgehead atoms. The Hall–Kier alpha value is -1.13. The molecule has 0 radical (unpaired) electrons. The molecule has 5 heteroatoms. The number of rotatable bonds is 3. The van der Waals surface area contributed by atoms with Crippen LogP contribution in [0.4, 0.5) is 5.82 Å². The molecule has 0 aliphatic carbocycles. The van der Waals surface area contributed by atoms with Gasteiger partial charge in [0.25, 0.3) is 0 Å². The van der Waals surface area contributed by atoms with Crippen molar-refractivity contribution >= 4 is 33.3 Å². The van der Waals surface area contributed by atoms with E-state index in [4.69, 9.17) is 11.6 Å². The van der Waals surface area contributed by atoms with Crippen LogP contribution in [0.5, 0.6) is 0 Å². The maximum absolute atomic E-state index is 5.82. The fourth-order valence-electron chi connectivity index (χ4n) is 1.42. The van der Waals surface area contributed by atoms with E-state index in [-0.39, 0.29) is 0 Å². The molecule has 0 spiro atoms. The smallest absolute Gasteiger partial charge is 0.140 e. The van der Waals surface area contributed by atoms with Gasteiger partial charge in [-0.15, -0.1) is 0 Å². The molecule has 17 heavy (non-hydrogen) atoms. The van der Waals surface area contributed by atoms with Gasteiger partial charge in [-0.1, -0.05) is 17.7 Å². The quantitative estimate of drug-likeness (QED) is 0.936. The zero-order chi connectivity index (χ0) is 12.3. The Morgan fingerprint density at radius 2 is 2.24 bits per heavy atom. The molecule has 0 atom stereocenters. The summed E-state index contributed by atoms with van der Waals surface area (Å²) in [4.78, 5) is 8.60. The van der Waals surface area contributed by atoms with Crippen LogP contribution >= 0.6 is 27.5 Å². The van der Waals surface area contributed by atoms with E-state index in [1.165, 1.54) is 0 Å². The normalized spacial score (nSPS) is 10.3. The molecular weight excluding hydrogens is 302 g/mol. The van der Waals surface area contributed by atoms with E-state index in [0.29, 0.717) is 11.6 Å². The first-order chi connectivity index (χ1) is 8.15. The van der Waals surface area contributed by atoms with E-state index in [9.17, 15) is 0 Å². The van der Waals surface area contributed by atoms with Crippen LogP contribution in [0.15, 0.2) is 34.9 Å². The number of aryl methyl sites for hydroxylation is 1. The van der Waals surface area contributed by atoms with E-state index < -0.39 is 0 Å². The average Bonchev–Trinajstić information content (AvgIpc) is 2.28. The Kier molecular flexibility index (Phi) is 3.97. The minimum Gasteiger partial charge on any atom is -0.363 e. The molecule has 0 aliphatic rings. The molecule has 2 heterocycles. The maximum atomic E-state index is 5.82. The Balaban J connectivity index is 2.07. The van der Waals surface area contributed by atoms with Crippen LogP contribution in [0.1, 0.15) is 11.4 Å². The fraction of sp³-hybridized carbons (Fsp3) is 0.167. The summed E-state index contributed by atoms with van der Waals surface area (Å²) in [5.41, 5.74) is 1.99. The average molecular weight is 313 g/mol. The minimum absolute atomic E-state index is 0.608. The number of pyridine rings is 2. The second kappa shape index (κ2) is 5.47. The Morgan fingerprint density at radius 1 is 1.41 bits per heavy atom. The zero-order valence-electron chi connectivity index (χ0n) is 9.24. The van der Waals surface area contributed by atoms with Gasteiger partial charge < -0.3 is 5.32 Å². The first-order valence-corrected chi connectivity index (χ1v) is 6.30. The highest BCUT2D eigenvalue weighted by Crippen LogP contribution is 2.23. The molecule has 3 nitrogen and oxygen atoms in total. The van der Waals surface area contributed by atoms with Crippen molar-refractivity contribution in [1.82, 2.24) is 9.97 Å². The number of halogens is 2. The lowest BCUT2D eigenvalue weighted by Gasteiger charge is -2.07. The van der Waals surface area contributed by atoms with E-state index in [1.807, 2.05) is 25.1 Å². The zero-order valence-corrected chi connectivity index (χ0v) is 11.6. The van der Waals surface area contributed by atoms with Gasteiger partial charge in [0.05, 0.1) is 21.7 Å². The van der Waals surface area contributed by atoms with Gasteiger partial charge in [-0.2, -0.15) is 0 Å². The topological polar surface area (TPSA) is 37.8 Å². The SMILES string of the molecule is Cc1cccc(CNc2ncc(Cl)cc2Br)n1. The molecular formula is C12H11BrClN3. The highest BCUT2D eigenvalue weighted by molar-refractivity contribution is 9.10. The van der Waals surface area contributed by atoms with Crippen LogP contribution in [0, 0.1) is 6.92 Å². The van der Waals surface area contributed by atoms with Gasteiger partial charge in [0, 0.05) is 11.9 Å². The van der Waals surface area contributed by atoms with Crippen molar-refractivity contribution in [1.29, 1.82) is 0 Å². The van der Waals surface area contributed by atoms with E-state index in [0.717, 1.165) is 21.7 Å². The van der Waals surface area contributed by atoms with Crippen LogP contribution in [0.2, 0.25) is 5.02 Å². The summed E-state index contributed by atoms with van der Waals surface area (Å²) in [7, 11) is 0. The molecule has 2 aromatic heterocycles. The van der Waals surface area contributed by atoms with Crippen molar-refractivity contribution in [2.45, 2.75) is 13.5 Å². The van der Waals surface area contributed by atoms with Crippen molar-refractivity contribution in [3.8, 4) is 0 Å². The summed E-state index contributed by atoms with van der Waals surface area (Å²) in [6.45, 7) is 2.61. The monoisotopic (exact) mass is 311 g/mol. The summed E-state index contributed by atoms with van der Waals surface area (Å²) in [6, 6.07) is 7.74. The summed E-state index contributed by atoms with van der Waals surface area (Å²) in [6.07, 6.45) is 1.61. The number of anilines is 1. The van der Waals surface area contributed by atoms with Crippen molar-refractivity contribution in [3.63, 3.8) is 0 Å². The van der Waals surface area contributed by atoms with Crippen molar-refractivity contribution in [2.75, 3.05) is 5.32 Å². The summed E-state index contributed by atoms with van der Waals surface area (Å²) in [5, 5.41) is 3.81. The molecule has 2 rings (SSSR count). The van der Waals surface area contributed by atoms with Gasteiger partial charge in [-0.05, 0) is 41.1 Å². The molecule has 2 aromatic rings. The minimum atomic E-state index is 0.608. The second-order valence-electron chi connectivity index (χ2n) is 3.61. The number of aromatic nitrogens is 2. The molecule has 1 N–H and O–H groups in total. The highest BCUT2D eigenvalue weighted by Gasteiger charge is 2.02. The predicted octanol–water partition coefficient (Wildman–Crippen LogP) is 3.81. The van der Waals surface area contributed by atoms with Gasteiger partial charge in [-0.25, -0.2) is 4.98 Å². The van der Waals surface area contributed by atoms with Crippen LogP contribution in [-0.4, -0.2) is 9.97 Å². The first-order valence-electron chi connectivity index (χ1n) is 5.12. The number of hydrogen-bond donors (Lipinski definition) is 1. The van der Waals surface area contributed by atoms with Crippen LogP contribution in [0.3, 0.4) is 0 Å². The van der Waals surface area contributed by atoms with Gasteiger partial charge in [0.15, 0.2) is 0 Å².